The Morgan fingerprint density at radius 1 is 1.33 bits per heavy atom. The van der Waals surface area contributed by atoms with E-state index in [9.17, 15) is 19.2 Å². The van der Waals surface area contributed by atoms with Gasteiger partial charge in [-0.05, 0) is 17.5 Å². The molecule has 3 aromatic heterocycles. The molecule has 1 aliphatic rings. The Bertz CT molecular complexity index is 1110. The Hall–Kier alpha value is -3.25. The predicted octanol–water partition coefficient (Wildman–Crippen LogP) is 1.96. The summed E-state index contributed by atoms with van der Waals surface area (Å²) in [5.41, 5.74) is -0.0388. The van der Waals surface area contributed by atoms with Gasteiger partial charge >= 0.3 is 0 Å². The number of amides is 1. The Morgan fingerprint density at radius 2 is 2.11 bits per heavy atom. The van der Waals surface area contributed by atoms with Crippen molar-refractivity contribution in [3.63, 3.8) is 0 Å². The number of aromatic amines is 1. The van der Waals surface area contributed by atoms with Crippen molar-refractivity contribution < 1.29 is 9.18 Å². The molecule has 0 aliphatic carbocycles. The maximum Gasteiger partial charge on any atom is 0.269 e. The van der Waals surface area contributed by atoms with Crippen LogP contribution in [-0.2, 0) is 0 Å². The lowest BCUT2D eigenvalue weighted by Gasteiger charge is -2.36. The second-order valence-electron chi connectivity index (χ2n) is 6.10. The Kier molecular flexibility index (Phi) is 4.33. The molecule has 0 saturated carbocycles. The highest BCUT2D eigenvalue weighted by atomic mass is 32.1. The van der Waals surface area contributed by atoms with Crippen molar-refractivity contribution in [2.24, 2.45) is 0 Å². The molecule has 9 heteroatoms. The van der Waals surface area contributed by atoms with Crippen LogP contribution in [0.25, 0.3) is 11.0 Å². The standard InChI is InChI=1S/C18H14FN5O2S/c19-11-8-12-15(13(9-20)17(25)22-16(12)21-10-11)23-3-5-24(6-4-23)18(26)14-2-1-7-27-14/h1-2,7-8,10H,3-6H2,(H,21,22,25). The molecular formula is C18H14FN5O2S. The smallest absolute Gasteiger partial charge is 0.269 e. The summed E-state index contributed by atoms with van der Waals surface area (Å²) in [6.07, 6.45) is 1.02. The van der Waals surface area contributed by atoms with Crippen molar-refractivity contribution in [3.05, 3.63) is 56.4 Å². The van der Waals surface area contributed by atoms with Gasteiger partial charge in [0.05, 0.1) is 16.8 Å². The van der Waals surface area contributed by atoms with E-state index in [1.165, 1.54) is 17.4 Å². The van der Waals surface area contributed by atoms with Crippen molar-refractivity contribution in [1.29, 1.82) is 5.26 Å². The number of thiophene rings is 1. The zero-order valence-electron chi connectivity index (χ0n) is 14.1. The molecule has 0 radical (unpaired) electrons. The molecule has 1 saturated heterocycles. The van der Waals surface area contributed by atoms with Crippen molar-refractivity contribution in [2.75, 3.05) is 31.1 Å². The molecule has 1 aliphatic heterocycles. The minimum Gasteiger partial charge on any atom is -0.366 e. The van der Waals surface area contributed by atoms with E-state index in [2.05, 4.69) is 9.97 Å². The number of carbonyl (C=O) groups is 1. The Morgan fingerprint density at radius 3 is 2.78 bits per heavy atom. The topological polar surface area (TPSA) is 93.1 Å². The summed E-state index contributed by atoms with van der Waals surface area (Å²) in [6.45, 7) is 1.75. The monoisotopic (exact) mass is 383 g/mol. The first-order chi connectivity index (χ1) is 13.1. The first kappa shape index (κ1) is 17.2. The average Bonchev–Trinajstić information content (AvgIpc) is 3.22. The number of piperazine rings is 1. The second kappa shape index (κ2) is 6.81. The maximum absolute atomic E-state index is 13.7. The molecule has 0 bridgehead atoms. The summed E-state index contributed by atoms with van der Waals surface area (Å²) >= 11 is 1.39. The van der Waals surface area contributed by atoms with Crippen LogP contribution >= 0.6 is 11.3 Å². The van der Waals surface area contributed by atoms with Crippen molar-refractivity contribution >= 4 is 34.0 Å². The highest BCUT2D eigenvalue weighted by Crippen LogP contribution is 2.28. The van der Waals surface area contributed by atoms with Crippen molar-refractivity contribution in [1.82, 2.24) is 14.9 Å². The van der Waals surface area contributed by atoms with Gasteiger partial charge in [-0.1, -0.05) is 6.07 Å². The maximum atomic E-state index is 13.7. The summed E-state index contributed by atoms with van der Waals surface area (Å²) in [7, 11) is 0. The summed E-state index contributed by atoms with van der Waals surface area (Å²) in [5.74, 6) is -0.583. The third kappa shape index (κ3) is 3.04. The van der Waals surface area contributed by atoms with Gasteiger partial charge in [-0.15, -0.1) is 11.3 Å². The number of H-pyrrole nitrogens is 1. The molecule has 0 aromatic carbocycles. The van der Waals surface area contributed by atoms with Crippen molar-refractivity contribution in [2.45, 2.75) is 0 Å². The van der Waals surface area contributed by atoms with E-state index in [0.29, 0.717) is 42.1 Å². The van der Waals surface area contributed by atoms with E-state index in [4.69, 9.17) is 0 Å². The molecule has 0 atom stereocenters. The van der Waals surface area contributed by atoms with Gasteiger partial charge in [0.1, 0.15) is 23.1 Å². The molecule has 27 heavy (non-hydrogen) atoms. The highest BCUT2D eigenvalue weighted by molar-refractivity contribution is 7.12. The molecule has 7 nitrogen and oxygen atoms in total. The number of anilines is 1. The summed E-state index contributed by atoms with van der Waals surface area (Å²) < 4.78 is 13.7. The number of nitriles is 1. The van der Waals surface area contributed by atoms with E-state index in [0.717, 1.165) is 6.20 Å². The summed E-state index contributed by atoms with van der Waals surface area (Å²) in [6, 6.07) is 6.79. The SMILES string of the molecule is N#Cc1c(N2CCN(C(=O)c3cccs3)CC2)c2cc(F)cnc2[nH]c1=O. The largest absolute Gasteiger partial charge is 0.366 e. The fourth-order valence-electron chi connectivity index (χ4n) is 3.25. The third-order valence-corrected chi connectivity index (χ3v) is 5.39. The molecule has 1 N–H and O–H groups in total. The lowest BCUT2D eigenvalue weighted by atomic mass is 10.1. The minimum absolute atomic E-state index is 0.0337. The van der Waals surface area contributed by atoms with Gasteiger partial charge < -0.3 is 14.8 Å². The predicted molar refractivity (Wildman–Crippen MR) is 99.5 cm³/mol. The number of aromatic nitrogens is 2. The number of rotatable bonds is 2. The first-order valence-corrected chi connectivity index (χ1v) is 9.16. The van der Waals surface area contributed by atoms with E-state index in [1.807, 2.05) is 22.4 Å². The van der Waals surface area contributed by atoms with Crippen LogP contribution in [0.4, 0.5) is 10.1 Å². The third-order valence-electron chi connectivity index (χ3n) is 4.53. The van der Waals surface area contributed by atoms with E-state index >= 15 is 0 Å². The van der Waals surface area contributed by atoms with Gasteiger partial charge in [-0.25, -0.2) is 9.37 Å². The normalized spacial score (nSPS) is 14.4. The van der Waals surface area contributed by atoms with Crippen LogP contribution in [0, 0.1) is 17.1 Å². The van der Waals surface area contributed by atoms with Crippen LogP contribution in [0.5, 0.6) is 0 Å². The second-order valence-corrected chi connectivity index (χ2v) is 7.04. The molecule has 4 heterocycles. The molecule has 1 fully saturated rings. The summed E-state index contributed by atoms with van der Waals surface area (Å²) in [4.78, 5) is 35.4. The Balaban J connectivity index is 1.68. The van der Waals surface area contributed by atoms with Gasteiger partial charge in [0.15, 0.2) is 0 Å². The molecular weight excluding hydrogens is 369 g/mol. The van der Waals surface area contributed by atoms with E-state index < -0.39 is 11.4 Å². The van der Waals surface area contributed by atoms with Gasteiger partial charge in [0.2, 0.25) is 0 Å². The van der Waals surface area contributed by atoms with E-state index in [-0.39, 0.29) is 17.1 Å². The summed E-state index contributed by atoms with van der Waals surface area (Å²) in [5, 5.41) is 11.7. The number of carbonyl (C=O) groups excluding carboxylic acids is 1. The fourth-order valence-corrected chi connectivity index (χ4v) is 3.94. The average molecular weight is 383 g/mol. The lowest BCUT2D eigenvalue weighted by molar-refractivity contribution is 0.0751. The van der Waals surface area contributed by atoms with Gasteiger partial charge in [0.25, 0.3) is 11.5 Å². The number of fused-ring (bicyclic) bond motifs is 1. The minimum atomic E-state index is -0.559. The Labute approximate surface area is 157 Å². The number of halogens is 1. The van der Waals surface area contributed by atoms with Crippen LogP contribution in [-0.4, -0.2) is 47.0 Å². The van der Waals surface area contributed by atoms with Gasteiger partial charge in [0, 0.05) is 31.6 Å². The highest BCUT2D eigenvalue weighted by Gasteiger charge is 2.26. The van der Waals surface area contributed by atoms with Crippen LogP contribution in [0.1, 0.15) is 15.2 Å². The lowest BCUT2D eigenvalue weighted by Crippen LogP contribution is -2.49. The number of hydrogen-bond acceptors (Lipinski definition) is 6. The number of nitrogens with zero attached hydrogens (tertiary/aromatic N) is 4. The molecule has 4 rings (SSSR count). The first-order valence-electron chi connectivity index (χ1n) is 8.28. The van der Waals surface area contributed by atoms with Gasteiger partial charge in [-0.2, -0.15) is 5.26 Å². The zero-order valence-corrected chi connectivity index (χ0v) is 14.9. The number of hydrogen-bond donors (Lipinski definition) is 1. The fraction of sp³-hybridized carbons (Fsp3) is 0.222. The molecule has 3 aromatic rings. The quantitative estimate of drug-likeness (QED) is 0.730. The molecule has 0 spiro atoms. The van der Waals surface area contributed by atoms with Crippen LogP contribution in [0.15, 0.2) is 34.6 Å². The van der Waals surface area contributed by atoms with Gasteiger partial charge in [-0.3, -0.25) is 9.59 Å². The molecule has 1 amide bonds. The number of nitrogens with one attached hydrogen (secondary N) is 1. The van der Waals surface area contributed by atoms with Crippen molar-refractivity contribution in [3.8, 4) is 6.07 Å². The van der Waals surface area contributed by atoms with Crippen LogP contribution in [0.2, 0.25) is 0 Å². The van der Waals surface area contributed by atoms with Crippen LogP contribution < -0.4 is 10.5 Å². The number of pyridine rings is 2. The zero-order chi connectivity index (χ0) is 19.0. The van der Waals surface area contributed by atoms with Crippen LogP contribution in [0.3, 0.4) is 0 Å². The molecule has 0 unspecified atom stereocenters. The molecule has 136 valence electrons. The van der Waals surface area contributed by atoms with E-state index in [1.54, 1.807) is 11.0 Å².